The van der Waals surface area contributed by atoms with Crippen LogP contribution in [0, 0.1) is 5.82 Å². The molecule has 18 heavy (non-hydrogen) atoms. The standard InChI is InChI=1S/C10H12FN.C4H10OS.H2/c1-2-3-10(12)8-4-6-9(11)7-5-8;1-4(2,3)6-5;/h2,4-7,10H,1,3,12H2;5H,1-3H3;1H/t10-;;/m0../s1. The summed E-state index contributed by atoms with van der Waals surface area (Å²) in [6.45, 7) is 9.46. The van der Waals surface area contributed by atoms with E-state index < -0.39 is 0 Å². The van der Waals surface area contributed by atoms with Gasteiger partial charge < -0.3 is 10.3 Å². The van der Waals surface area contributed by atoms with E-state index in [1.165, 1.54) is 12.1 Å². The number of rotatable bonds is 3. The molecule has 104 valence electrons. The van der Waals surface area contributed by atoms with E-state index in [0.717, 1.165) is 17.6 Å². The summed E-state index contributed by atoms with van der Waals surface area (Å²) in [6, 6.07) is 6.16. The quantitative estimate of drug-likeness (QED) is 0.623. The lowest BCUT2D eigenvalue weighted by atomic mass is 10.1. The number of halogens is 1. The topological polar surface area (TPSA) is 46.2 Å². The summed E-state index contributed by atoms with van der Waals surface area (Å²) in [5.74, 6) is -0.232. The Morgan fingerprint density at radius 3 is 2.22 bits per heavy atom. The Balaban J connectivity index is 0. The largest absolute Gasteiger partial charge is 0.330 e. The number of nitrogens with two attached hydrogens (primary N) is 1. The van der Waals surface area contributed by atoms with E-state index in [4.69, 9.17) is 10.3 Å². The molecule has 3 N–H and O–H groups in total. The Morgan fingerprint density at radius 2 is 1.89 bits per heavy atom. The fourth-order valence-electron chi connectivity index (χ4n) is 1.03. The summed E-state index contributed by atoms with van der Waals surface area (Å²) < 4.78 is 20.8. The maximum Gasteiger partial charge on any atom is 0.123 e. The summed E-state index contributed by atoms with van der Waals surface area (Å²) in [5.41, 5.74) is 6.70. The van der Waals surface area contributed by atoms with Gasteiger partial charge in [-0.3, -0.25) is 0 Å². The van der Waals surface area contributed by atoms with Gasteiger partial charge in [-0.15, -0.1) is 6.58 Å². The molecule has 0 radical (unpaired) electrons. The smallest absolute Gasteiger partial charge is 0.123 e. The molecule has 0 aromatic heterocycles. The van der Waals surface area contributed by atoms with Crippen LogP contribution in [0.3, 0.4) is 0 Å². The Bertz CT molecular complexity index is 351. The van der Waals surface area contributed by atoms with Crippen LogP contribution >= 0.6 is 12.0 Å². The third kappa shape index (κ3) is 8.28. The van der Waals surface area contributed by atoms with Crippen molar-refractivity contribution in [1.82, 2.24) is 0 Å². The predicted octanol–water partition coefficient (Wildman–Crippen LogP) is 4.64. The highest BCUT2D eigenvalue weighted by molar-refractivity contribution is 7.95. The first-order chi connectivity index (χ1) is 8.30. The summed E-state index contributed by atoms with van der Waals surface area (Å²) in [5, 5.41) is 0. The zero-order valence-electron chi connectivity index (χ0n) is 11.2. The third-order valence-corrected chi connectivity index (χ3v) is 2.54. The van der Waals surface area contributed by atoms with Crippen LogP contribution < -0.4 is 5.73 Å². The van der Waals surface area contributed by atoms with Gasteiger partial charge in [0.05, 0.1) is 0 Å². The summed E-state index contributed by atoms with van der Waals surface area (Å²) in [6.07, 6.45) is 2.47. The average molecular weight is 273 g/mol. The molecule has 0 aliphatic heterocycles. The number of hydrogen-bond donors (Lipinski definition) is 2. The molecule has 0 saturated heterocycles. The van der Waals surface area contributed by atoms with Crippen molar-refractivity contribution < 1.29 is 10.4 Å². The van der Waals surface area contributed by atoms with Gasteiger partial charge in [0.15, 0.2) is 0 Å². The van der Waals surface area contributed by atoms with Crippen molar-refractivity contribution in [2.45, 2.75) is 38.0 Å². The normalized spacial score (nSPS) is 12.3. The molecule has 2 nitrogen and oxygen atoms in total. The Hall–Kier alpha value is -0.840. The SMILES string of the molecule is C=CC[C@H](N)c1ccc(F)cc1.CC(C)(C)SO.[HH]. The highest BCUT2D eigenvalue weighted by atomic mass is 32.2. The minimum Gasteiger partial charge on any atom is -0.330 e. The molecule has 0 aliphatic rings. The fourth-order valence-corrected chi connectivity index (χ4v) is 1.03. The van der Waals surface area contributed by atoms with E-state index in [0.29, 0.717) is 6.42 Å². The maximum atomic E-state index is 12.5. The number of hydrogen-bond acceptors (Lipinski definition) is 3. The number of benzene rings is 1. The summed E-state index contributed by atoms with van der Waals surface area (Å²) in [4.78, 5) is 0. The molecule has 0 spiro atoms. The monoisotopic (exact) mass is 273 g/mol. The van der Waals surface area contributed by atoms with Gasteiger partial charge in [0.25, 0.3) is 0 Å². The van der Waals surface area contributed by atoms with Gasteiger partial charge in [-0.1, -0.05) is 18.2 Å². The van der Waals surface area contributed by atoms with Crippen LogP contribution in [0.2, 0.25) is 0 Å². The van der Waals surface area contributed by atoms with Gasteiger partial charge in [-0.05, 0) is 56.9 Å². The van der Waals surface area contributed by atoms with Crippen molar-refractivity contribution in [2.75, 3.05) is 0 Å². The lowest BCUT2D eigenvalue weighted by Crippen LogP contribution is -2.08. The van der Waals surface area contributed by atoms with Crippen molar-refractivity contribution in [2.24, 2.45) is 5.73 Å². The van der Waals surface area contributed by atoms with E-state index in [1.54, 1.807) is 18.2 Å². The van der Waals surface area contributed by atoms with Crippen molar-refractivity contribution >= 4 is 12.0 Å². The van der Waals surface area contributed by atoms with E-state index >= 15 is 0 Å². The zero-order valence-corrected chi connectivity index (χ0v) is 12.0. The van der Waals surface area contributed by atoms with Gasteiger partial charge in [0.2, 0.25) is 0 Å². The average Bonchev–Trinajstić information content (AvgIpc) is 2.30. The van der Waals surface area contributed by atoms with E-state index in [1.807, 2.05) is 20.8 Å². The van der Waals surface area contributed by atoms with Gasteiger partial charge >= 0.3 is 0 Å². The second kappa shape index (κ2) is 8.29. The molecule has 0 fully saturated rings. The highest BCUT2D eigenvalue weighted by Gasteiger charge is 2.06. The molecular formula is C14H24FNOS. The van der Waals surface area contributed by atoms with Crippen LogP contribution in [0.5, 0.6) is 0 Å². The molecular weight excluding hydrogens is 249 g/mol. The minimum atomic E-state index is -0.232. The Morgan fingerprint density at radius 1 is 1.44 bits per heavy atom. The van der Waals surface area contributed by atoms with Crippen LogP contribution in [-0.4, -0.2) is 9.30 Å². The molecule has 1 atom stereocenters. The molecule has 1 aromatic carbocycles. The molecule has 4 heteroatoms. The van der Waals surface area contributed by atoms with E-state index in [2.05, 4.69) is 6.58 Å². The third-order valence-electron chi connectivity index (χ3n) is 1.99. The second-order valence-corrected chi connectivity index (χ2v) is 6.29. The molecule has 0 heterocycles. The first kappa shape index (κ1) is 17.2. The van der Waals surface area contributed by atoms with E-state index in [-0.39, 0.29) is 18.0 Å². The molecule has 1 rings (SSSR count). The van der Waals surface area contributed by atoms with Crippen LogP contribution in [0.15, 0.2) is 36.9 Å². The van der Waals surface area contributed by atoms with Gasteiger partial charge in [-0.2, -0.15) is 0 Å². The maximum absolute atomic E-state index is 12.5. The minimum absolute atomic E-state index is 0. The van der Waals surface area contributed by atoms with Gasteiger partial charge in [-0.25, -0.2) is 4.39 Å². The van der Waals surface area contributed by atoms with Gasteiger partial charge in [0.1, 0.15) is 5.82 Å². The first-order valence-corrected chi connectivity index (χ1v) is 6.52. The summed E-state index contributed by atoms with van der Waals surface area (Å²) >= 11 is 0.882. The Labute approximate surface area is 115 Å². The van der Waals surface area contributed by atoms with Crippen LogP contribution in [0.25, 0.3) is 0 Å². The molecule has 0 saturated carbocycles. The zero-order chi connectivity index (χ0) is 14.2. The van der Waals surface area contributed by atoms with Crippen LogP contribution in [0.1, 0.15) is 40.2 Å². The molecule has 1 aromatic rings. The van der Waals surface area contributed by atoms with Crippen molar-refractivity contribution in [3.05, 3.63) is 48.3 Å². The van der Waals surface area contributed by atoms with Crippen molar-refractivity contribution in [3.63, 3.8) is 0 Å². The van der Waals surface area contributed by atoms with Gasteiger partial charge in [0, 0.05) is 12.2 Å². The van der Waals surface area contributed by atoms with E-state index in [9.17, 15) is 4.39 Å². The van der Waals surface area contributed by atoms with Crippen LogP contribution in [0.4, 0.5) is 4.39 Å². The first-order valence-electron chi connectivity index (χ1n) is 5.74. The Kier molecular flexibility index (Phi) is 7.91. The molecule has 0 bridgehead atoms. The lowest BCUT2D eigenvalue weighted by Gasteiger charge is -2.09. The van der Waals surface area contributed by atoms with Crippen molar-refractivity contribution in [3.8, 4) is 0 Å². The summed E-state index contributed by atoms with van der Waals surface area (Å²) in [7, 11) is 0. The predicted molar refractivity (Wildman–Crippen MR) is 80.2 cm³/mol. The second-order valence-electron chi connectivity index (χ2n) is 4.89. The highest BCUT2D eigenvalue weighted by Crippen LogP contribution is 2.17. The fraction of sp³-hybridized carbons (Fsp3) is 0.429. The molecule has 0 unspecified atom stereocenters. The van der Waals surface area contributed by atoms with Crippen molar-refractivity contribution in [1.29, 1.82) is 0 Å². The molecule has 0 aliphatic carbocycles. The lowest BCUT2D eigenvalue weighted by molar-refractivity contribution is 0.624. The van der Waals surface area contributed by atoms with Crippen LogP contribution in [-0.2, 0) is 0 Å². The molecule has 0 amide bonds.